The smallest absolute Gasteiger partial charge is 0.399 e. The Morgan fingerprint density at radius 2 is 0.450 bits per heavy atom. The molecule has 0 amide bonds. The van der Waals surface area contributed by atoms with E-state index < -0.39 is 0 Å². The second-order valence-electron chi connectivity index (χ2n) is 26.7. The normalized spacial score (nSPS) is 13.4. The molecule has 0 bridgehead atoms. The van der Waals surface area contributed by atoms with Crippen molar-refractivity contribution in [3.05, 3.63) is 341 Å². The molecular formula is C90H66BBr3N4O2. The Labute approximate surface area is 606 Å². The van der Waals surface area contributed by atoms with Gasteiger partial charge in [0.05, 0.1) is 55.3 Å². The molecule has 0 saturated carbocycles. The van der Waals surface area contributed by atoms with Gasteiger partial charge in [-0.3, -0.25) is 0 Å². The summed E-state index contributed by atoms with van der Waals surface area (Å²) in [7, 11) is -0.363. The van der Waals surface area contributed by atoms with Crippen LogP contribution < -0.4 is 5.46 Å². The van der Waals surface area contributed by atoms with E-state index in [1.54, 1.807) is 0 Å². The fourth-order valence-corrected chi connectivity index (χ4v) is 17.1. The third kappa shape index (κ3) is 11.4. The predicted octanol–water partition coefficient (Wildman–Crippen LogP) is 25.0. The van der Waals surface area contributed by atoms with Gasteiger partial charge in [0.2, 0.25) is 0 Å². The molecule has 1 aliphatic rings. The van der Waals surface area contributed by atoms with Crippen molar-refractivity contribution >= 4 is 148 Å². The molecule has 0 aliphatic carbocycles. The average molecular weight is 1490 g/mol. The molecule has 4 aromatic heterocycles. The van der Waals surface area contributed by atoms with E-state index in [1.807, 2.05) is 18.2 Å². The van der Waals surface area contributed by atoms with Crippen molar-refractivity contribution in [1.29, 1.82) is 0 Å². The summed E-state index contributed by atoms with van der Waals surface area (Å²) in [5, 5.41) is 10.1. The highest BCUT2D eigenvalue weighted by Crippen LogP contribution is 2.42. The summed E-state index contributed by atoms with van der Waals surface area (Å²) in [4.78, 5) is 0. The van der Waals surface area contributed by atoms with E-state index in [0.29, 0.717) is 0 Å². The van der Waals surface area contributed by atoms with Gasteiger partial charge in [-0.15, -0.1) is 0 Å². The van der Waals surface area contributed by atoms with Gasteiger partial charge in [0, 0.05) is 79.3 Å². The first kappa shape index (κ1) is 63.2. The molecule has 5 heterocycles. The molecule has 1 aliphatic heterocycles. The van der Waals surface area contributed by atoms with Crippen LogP contribution in [-0.2, 0) is 9.31 Å². The van der Waals surface area contributed by atoms with Crippen LogP contribution >= 0.6 is 47.8 Å². The maximum atomic E-state index is 6.27. The highest BCUT2D eigenvalue weighted by molar-refractivity contribution is 9.11. The number of benzene rings is 14. The fraction of sp³-hybridized carbons (Fsp3) is 0.0667. The number of para-hydroxylation sites is 8. The van der Waals surface area contributed by atoms with Crippen LogP contribution in [0.2, 0.25) is 0 Å². The van der Waals surface area contributed by atoms with Crippen LogP contribution in [-0.4, -0.2) is 36.6 Å². The van der Waals surface area contributed by atoms with Crippen LogP contribution in [0.25, 0.3) is 143 Å². The lowest BCUT2D eigenvalue weighted by atomic mass is 9.79. The zero-order chi connectivity index (χ0) is 67.8. The molecule has 100 heavy (non-hydrogen) atoms. The van der Waals surface area contributed by atoms with Gasteiger partial charge in [-0.1, -0.05) is 242 Å². The summed E-state index contributed by atoms with van der Waals surface area (Å²) < 4.78 is 25.3. The summed E-state index contributed by atoms with van der Waals surface area (Å²) >= 11 is 10.1. The first-order valence-electron chi connectivity index (χ1n) is 33.8. The summed E-state index contributed by atoms with van der Waals surface area (Å²) in [6, 6.07) is 118. The summed E-state index contributed by atoms with van der Waals surface area (Å²) in [6.07, 6.45) is 0. The van der Waals surface area contributed by atoms with E-state index in [-0.39, 0.29) is 18.3 Å². The zero-order valence-corrected chi connectivity index (χ0v) is 60.3. The largest absolute Gasteiger partial charge is 0.494 e. The molecule has 14 aromatic carbocycles. The zero-order valence-electron chi connectivity index (χ0n) is 55.5. The minimum atomic E-state index is -0.363. The molecule has 0 N–H and O–H groups in total. The maximum absolute atomic E-state index is 6.27. The van der Waals surface area contributed by atoms with E-state index in [1.165, 1.54) is 87.2 Å². The van der Waals surface area contributed by atoms with Crippen LogP contribution in [0.4, 0.5) is 0 Å². The predicted molar refractivity (Wildman–Crippen MR) is 432 cm³/mol. The molecule has 0 atom stereocenters. The number of nitrogens with zero attached hydrogens (tertiary/aromatic N) is 4. The molecule has 1 saturated heterocycles. The Balaban J connectivity index is 0.000000166. The van der Waals surface area contributed by atoms with Gasteiger partial charge in [-0.2, -0.15) is 0 Å². The average Bonchev–Trinajstić information content (AvgIpc) is 1.59. The first-order chi connectivity index (χ1) is 48.8. The summed E-state index contributed by atoms with van der Waals surface area (Å²) in [6.45, 7) is 8.35. The van der Waals surface area contributed by atoms with Crippen molar-refractivity contribution in [3.8, 4) is 56.1 Å². The third-order valence-corrected chi connectivity index (χ3v) is 21.4. The third-order valence-electron chi connectivity index (χ3n) is 20.0. The SMILES string of the molecule is Brc1cc(Br)cc(Br)c1.CC1(C)OB(c2cccc(-n3c4ccccc4c4ccccc43)c2)OC1(C)C.c1cc(-c2cc(-c3cccc(-n4c5ccccc5c5ccccc54)c3)cc(-c3cccc(-n4c5ccccc5c5ccccc54)c3)c2)cc(-n2c3ccccc3c3ccccc32)c1. The minimum absolute atomic E-state index is 0.347. The maximum Gasteiger partial charge on any atom is 0.494 e. The van der Waals surface area contributed by atoms with Crippen molar-refractivity contribution in [3.63, 3.8) is 0 Å². The molecular weight excluding hydrogens is 1420 g/mol. The summed E-state index contributed by atoms with van der Waals surface area (Å²) in [5.41, 5.74) is 21.5. The van der Waals surface area contributed by atoms with Crippen molar-refractivity contribution in [2.75, 3.05) is 0 Å². The Morgan fingerprint density at radius 1 is 0.230 bits per heavy atom. The molecule has 10 heteroatoms. The number of fused-ring (bicyclic) bond motifs is 12. The number of hydrogen-bond acceptors (Lipinski definition) is 2. The monoisotopic (exact) mass is 1480 g/mol. The van der Waals surface area contributed by atoms with Crippen LogP contribution in [0.15, 0.2) is 341 Å². The van der Waals surface area contributed by atoms with Gasteiger partial charge >= 0.3 is 7.12 Å². The lowest BCUT2D eigenvalue weighted by molar-refractivity contribution is 0.00578. The van der Waals surface area contributed by atoms with Gasteiger partial charge in [0.15, 0.2) is 0 Å². The highest BCUT2D eigenvalue weighted by atomic mass is 79.9. The van der Waals surface area contributed by atoms with E-state index in [2.05, 4.69) is 403 Å². The van der Waals surface area contributed by atoms with Crippen LogP contribution in [0.1, 0.15) is 27.7 Å². The molecule has 482 valence electrons. The van der Waals surface area contributed by atoms with Crippen LogP contribution in [0, 0.1) is 0 Å². The van der Waals surface area contributed by atoms with Crippen LogP contribution in [0.5, 0.6) is 0 Å². The van der Waals surface area contributed by atoms with Crippen LogP contribution in [0.3, 0.4) is 0 Å². The number of rotatable bonds is 8. The van der Waals surface area contributed by atoms with Gasteiger partial charge in [0.25, 0.3) is 0 Å². The summed E-state index contributed by atoms with van der Waals surface area (Å²) in [5.74, 6) is 0. The second-order valence-corrected chi connectivity index (χ2v) is 29.4. The molecule has 0 radical (unpaired) electrons. The van der Waals surface area contributed by atoms with Gasteiger partial charge in [-0.05, 0) is 200 Å². The topological polar surface area (TPSA) is 38.2 Å². The molecule has 18 aromatic rings. The van der Waals surface area contributed by atoms with Crippen molar-refractivity contribution in [2.24, 2.45) is 0 Å². The Morgan fingerprint density at radius 3 is 0.700 bits per heavy atom. The first-order valence-corrected chi connectivity index (χ1v) is 36.2. The highest BCUT2D eigenvalue weighted by Gasteiger charge is 2.51. The number of aromatic nitrogens is 4. The molecule has 0 spiro atoms. The molecule has 1 fully saturated rings. The Hall–Kier alpha value is -10.3. The molecule has 6 nitrogen and oxygen atoms in total. The standard InChI is InChI=1S/C60H39N3.C24H24BNO2.C6H3Br3/c1-7-28-55-49(22-1)50-23-2-8-29-56(50)61(55)46-19-13-16-40(37-46)43-34-44(41-17-14-20-47(38-41)62-57-30-9-3-24-51(57)52-25-4-10-31-58(52)62)36-45(35-43)42-18-15-21-48(39-42)63-59-32-11-5-26-53(59)54-27-6-12-33-60(54)63;1-23(2)24(3,4)28-25(27-23)17-10-9-11-18(16-17)26-21-14-7-5-12-19(21)20-13-6-8-15-22(20)26;7-4-1-5(8)3-6(9)2-4/h1-39H;5-16H,1-4H3;1-3H. The molecule has 0 unspecified atom stereocenters. The van der Waals surface area contributed by atoms with Gasteiger partial charge in [-0.25, -0.2) is 0 Å². The number of halogens is 3. The number of hydrogen-bond donors (Lipinski definition) is 0. The fourth-order valence-electron chi connectivity index (χ4n) is 14.7. The second kappa shape index (κ2) is 25.8. The van der Waals surface area contributed by atoms with E-state index in [0.717, 1.165) is 75.0 Å². The van der Waals surface area contributed by atoms with Crippen molar-refractivity contribution in [2.45, 2.75) is 38.9 Å². The van der Waals surface area contributed by atoms with E-state index >= 15 is 0 Å². The van der Waals surface area contributed by atoms with Gasteiger partial charge < -0.3 is 27.6 Å². The van der Waals surface area contributed by atoms with Gasteiger partial charge in [0.1, 0.15) is 0 Å². The molecule has 19 rings (SSSR count). The quantitative estimate of drug-likeness (QED) is 0.142. The Kier molecular flexibility index (Phi) is 16.3. The van der Waals surface area contributed by atoms with E-state index in [9.17, 15) is 0 Å². The Bertz CT molecular complexity index is 5510. The minimum Gasteiger partial charge on any atom is -0.399 e. The van der Waals surface area contributed by atoms with Crippen molar-refractivity contribution in [1.82, 2.24) is 18.3 Å². The van der Waals surface area contributed by atoms with E-state index in [4.69, 9.17) is 9.31 Å². The lowest BCUT2D eigenvalue weighted by Gasteiger charge is -2.32. The lowest BCUT2D eigenvalue weighted by Crippen LogP contribution is -2.41. The van der Waals surface area contributed by atoms with Crippen molar-refractivity contribution < 1.29 is 9.31 Å².